The van der Waals surface area contributed by atoms with E-state index in [9.17, 15) is 13.5 Å². The van der Waals surface area contributed by atoms with Crippen LogP contribution in [0.25, 0.3) is 0 Å². The molecule has 20 heavy (non-hydrogen) atoms. The van der Waals surface area contributed by atoms with E-state index in [1.807, 2.05) is 0 Å². The van der Waals surface area contributed by atoms with Gasteiger partial charge in [-0.05, 0) is 26.2 Å². The summed E-state index contributed by atoms with van der Waals surface area (Å²) in [6, 6.07) is 0. The maximum Gasteiger partial charge on any atom is 0.246 e. The summed E-state index contributed by atoms with van der Waals surface area (Å²) >= 11 is 0. The van der Waals surface area contributed by atoms with Crippen molar-refractivity contribution in [3.8, 4) is 0 Å². The van der Waals surface area contributed by atoms with E-state index in [1.165, 1.54) is 10.5 Å². The summed E-state index contributed by atoms with van der Waals surface area (Å²) in [4.78, 5) is 0.249. The van der Waals surface area contributed by atoms with Crippen LogP contribution in [-0.2, 0) is 10.0 Å². The SMILES string of the molecule is Cc1[nH]ncc1S(=O)(=O)N1CCC2(O)CCCCC2C1. The van der Waals surface area contributed by atoms with Crippen molar-refractivity contribution in [2.45, 2.75) is 49.5 Å². The van der Waals surface area contributed by atoms with Gasteiger partial charge in [-0.3, -0.25) is 5.10 Å². The summed E-state index contributed by atoms with van der Waals surface area (Å²) in [5, 5.41) is 17.1. The first kappa shape index (κ1) is 14.0. The number of aromatic amines is 1. The minimum atomic E-state index is -3.50. The zero-order valence-corrected chi connectivity index (χ0v) is 12.5. The van der Waals surface area contributed by atoms with Crippen molar-refractivity contribution in [3.63, 3.8) is 0 Å². The Labute approximate surface area is 119 Å². The Morgan fingerprint density at radius 1 is 1.45 bits per heavy atom. The second kappa shape index (κ2) is 4.82. The van der Waals surface area contributed by atoms with E-state index in [2.05, 4.69) is 10.2 Å². The van der Waals surface area contributed by atoms with E-state index < -0.39 is 15.6 Å². The van der Waals surface area contributed by atoms with Crippen LogP contribution in [0.2, 0.25) is 0 Å². The molecule has 0 aromatic carbocycles. The van der Waals surface area contributed by atoms with Crippen LogP contribution in [0.4, 0.5) is 0 Å². The lowest BCUT2D eigenvalue weighted by molar-refractivity contribution is -0.0816. The van der Waals surface area contributed by atoms with Crippen LogP contribution < -0.4 is 0 Å². The van der Waals surface area contributed by atoms with E-state index in [-0.39, 0.29) is 10.8 Å². The van der Waals surface area contributed by atoms with Gasteiger partial charge in [-0.2, -0.15) is 9.40 Å². The van der Waals surface area contributed by atoms with Gasteiger partial charge in [0.25, 0.3) is 0 Å². The van der Waals surface area contributed by atoms with Gasteiger partial charge in [-0.15, -0.1) is 0 Å². The number of fused-ring (bicyclic) bond motifs is 1. The van der Waals surface area contributed by atoms with Crippen molar-refractivity contribution >= 4 is 10.0 Å². The Morgan fingerprint density at radius 2 is 2.25 bits per heavy atom. The number of aliphatic hydroxyl groups is 1. The number of hydrogen-bond acceptors (Lipinski definition) is 4. The zero-order valence-electron chi connectivity index (χ0n) is 11.7. The lowest BCUT2D eigenvalue weighted by atomic mass is 9.72. The van der Waals surface area contributed by atoms with Crippen LogP contribution in [0.1, 0.15) is 37.8 Å². The molecule has 3 rings (SSSR count). The third kappa shape index (κ3) is 2.17. The molecular formula is C13H21N3O3S. The third-order valence-corrected chi connectivity index (χ3v) is 6.77. The predicted molar refractivity (Wildman–Crippen MR) is 73.6 cm³/mol. The number of nitrogens with one attached hydrogen (secondary N) is 1. The van der Waals surface area contributed by atoms with Gasteiger partial charge in [0.05, 0.1) is 17.5 Å². The summed E-state index contributed by atoms with van der Waals surface area (Å²) in [5.74, 6) is 0.0620. The van der Waals surface area contributed by atoms with Crippen LogP contribution in [0, 0.1) is 12.8 Å². The molecule has 1 saturated heterocycles. The Morgan fingerprint density at radius 3 is 2.95 bits per heavy atom. The molecule has 1 saturated carbocycles. The van der Waals surface area contributed by atoms with Crippen molar-refractivity contribution in [1.82, 2.24) is 14.5 Å². The van der Waals surface area contributed by atoms with Crippen molar-refractivity contribution < 1.29 is 13.5 Å². The molecular weight excluding hydrogens is 278 g/mol. The Hall–Kier alpha value is -0.920. The molecule has 2 atom stereocenters. The van der Waals surface area contributed by atoms with Gasteiger partial charge in [-0.1, -0.05) is 12.8 Å². The van der Waals surface area contributed by atoms with E-state index in [1.54, 1.807) is 6.92 Å². The molecule has 6 nitrogen and oxygen atoms in total. The number of sulfonamides is 1. The molecule has 2 unspecified atom stereocenters. The predicted octanol–water partition coefficient (Wildman–Crippen LogP) is 1.03. The van der Waals surface area contributed by atoms with Crippen LogP contribution in [0.5, 0.6) is 0 Å². The molecule has 0 radical (unpaired) electrons. The number of aromatic nitrogens is 2. The van der Waals surface area contributed by atoms with E-state index in [0.29, 0.717) is 25.2 Å². The summed E-state index contributed by atoms with van der Waals surface area (Å²) in [7, 11) is -3.50. The van der Waals surface area contributed by atoms with Gasteiger partial charge in [0.2, 0.25) is 10.0 Å². The number of hydrogen-bond donors (Lipinski definition) is 2. The standard InChI is InChI=1S/C13H21N3O3S/c1-10-12(8-14-15-10)20(18,19)16-7-6-13(17)5-3-2-4-11(13)9-16/h8,11,17H,2-7,9H2,1H3,(H,14,15). The first-order valence-electron chi connectivity index (χ1n) is 7.16. The molecule has 7 heteroatoms. The number of rotatable bonds is 2. The van der Waals surface area contributed by atoms with Crippen LogP contribution in [0.15, 0.2) is 11.1 Å². The lowest BCUT2D eigenvalue weighted by Crippen LogP contribution is -2.54. The maximum atomic E-state index is 12.6. The van der Waals surface area contributed by atoms with Crippen LogP contribution in [-0.4, -0.2) is 46.7 Å². The fourth-order valence-corrected chi connectivity index (χ4v) is 5.10. The number of aryl methyl sites for hydroxylation is 1. The van der Waals surface area contributed by atoms with Crippen molar-refractivity contribution in [1.29, 1.82) is 0 Å². The largest absolute Gasteiger partial charge is 0.390 e. The van der Waals surface area contributed by atoms with Gasteiger partial charge < -0.3 is 5.11 Å². The smallest absolute Gasteiger partial charge is 0.246 e. The molecule has 2 fully saturated rings. The molecule has 1 aliphatic carbocycles. The third-order valence-electron chi connectivity index (χ3n) is 4.79. The second-order valence-electron chi connectivity index (χ2n) is 6.02. The molecule has 2 N–H and O–H groups in total. The van der Waals surface area contributed by atoms with Crippen molar-refractivity contribution in [3.05, 3.63) is 11.9 Å². The van der Waals surface area contributed by atoms with Crippen molar-refractivity contribution in [2.24, 2.45) is 5.92 Å². The fraction of sp³-hybridized carbons (Fsp3) is 0.769. The average Bonchev–Trinajstić information content (AvgIpc) is 2.84. The Kier molecular flexibility index (Phi) is 3.38. The molecule has 1 aliphatic heterocycles. The van der Waals surface area contributed by atoms with Gasteiger partial charge in [0.1, 0.15) is 4.90 Å². The molecule has 2 heterocycles. The summed E-state index contributed by atoms with van der Waals surface area (Å²) < 4.78 is 26.8. The Bertz CT molecular complexity index is 598. The first-order chi connectivity index (χ1) is 9.43. The highest BCUT2D eigenvalue weighted by molar-refractivity contribution is 7.89. The van der Waals surface area contributed by atoms with E-state index in [4.69, 9.17) is 0 Å². The van der Waals surface area contributed by atoms with Crippen molar-refractivity contribution in [2.75, 3.05) is 13.1 Å². The quantitative estimate of drug-likeness (QED) is 0.854. The average molecular weight is 299 g/mol. The highest BCUT2D eigenvalue weighted by atomic mass is 32.2. The molecule has 1 aromatic heterocycles. The first-order valence-corrected chi connectivity index (χ1v) is 8.60. The number of piperidine rings is 1. The molecule has 1 aromatic rings. The van der Waals surface area contributed by atoms with E-state index in [0.717, 1.165) is 25.7 Å². The van der Waals surface area contributed by atoms with Gasteiger partial charge in [0, 0.05) is 19.0 Å². The molecule has 2 aliphatic rings. The molecule has 0 bridgehead atoms. The van der Waals surface area contributed by atoms with E-state index >= 15 is 0 Å². The van der Waals surface area contributed by atoms with Gasteiger partial charge >= 0.3 is 0 Å². The highest BCUT2D eigenvalue weighted by Gasteiger charge is 2.45. The molecule has 112 valence electrons. The summed E-state index contributed by atoms with van der Waals surface area (Å²) in [5.41, 5.74) is -0.0927. The monoisotopic (exact) mass is 299 g/mol. The minimum Gasteiger partial charge on any atom is -0.390 e. The summed E-state index contributed by atoms with van der Waals surface area (Å²) in [6.07, 6.45) is 5.73. The van der Waals surface area contributed by atoms with Gasteiger partial charge in [-0.25, -0.2) is 8.42 Å². The highest BCUT2D eigenvalue weighted by Crippen LogP contribution is 2.41. The fourth-order valence-electron chi connectivity index (χ4n) is 3.50. The summed E-state index contributed by atoms with van der Waals surface area (Å²) in [6.45, 7) is 2.52. The number of nitrogens with zero attached hydrogens (tertiary/aromatic N) is 2. The lowest BCUT2D eigenvalue weighted by Gasteiger charge is -2.46. The minimum absolute atomic E-state index is 0.0620. The van der Waals surface area contributed by atoms with Crippen LogP contribution >= 0.6 is 0 Å². The number of H-pyrrole nitrogens is 1. The normalized spacial score (nSPS) is 32.0. The molecule has 0 spiro atoms. The van der Waals surface area contributed by atoms with Crippen LogP contribution in [0.3, 0.4) is 0 Å². The van der Waals surface area contributed by atoms with Gasteiger partial charge in [0.15, 0.2) is 0 Å². The topological polar surface area (TPSA) is 86.3 Å². The zero-order chi connectivity index (χ0) is 14.4. The second-order valence-corrected chi connectivity index (χ2v) is 7.92. The molecule has 0 amide bonds. The Balaban J connectivity index is 1.84. The maximum absolute atomic E-state index is 12.6.